The highest BCUT2D eigenvalue weighted by molar-refractivity contribution is 5.94. The Morgan fingerprint density at radius 2 is 1.89 bits per heavy atom. The lowest BCUT2D eigenvalue weighted by molar-refractivity contribution is 0.0812. The lowest BCUT2D eigenvalue weighted by Gasteiger charge is -2.26. The number of amides is 1. The molecule has 1 unspecified atom stereocenters. The minimum atomic E-state index is -0.152. The number of aromatic nitrogens is 2. The summed E-state index contributed by atoms with van der Waals surface area (Å²) in [6.45, 7) is 0.982. The number of benzene rings is 1. The first-order chi connectivity index (χ1) is 13.3. The van der Waals surface area contributed by atoms with Gasteiger partial charge in [-0.2, -0.15) is 0 Å². The quantitative estimate of drug-likeness (QED) is 0.756. The molecular weight excluding hydrogens is 342 g/mol. The topological polar surface area (TPSA) is 73.3 Å². The summed E-state index contributed by atoms with van der Waals surface area (Å²) in [4.78, 5) is 20.6. The molecule has 1 aromatic carbocycles. The second kappa shape index (κ2) is 7.86. The number of carbonyl (C=O) groups is 1. The molecular formula is C21H19N3O3. The van der Waals surface area contributed by atoms with Gasteiger partial charge in [0.1, 0.15) is 12.7 Å². The van der Waals surface area contributed by atoms with E-state index in [0.717, 1.165) is 22.8 Å². The molecule has 1 aliphatic rings. The van der Waals surface area contributed by atoms with Gasteiger partial charge in [0.25, 0.3) is 5.91 Å². The lowest BCUT2D eigenvalue weighted by atomic mass is 10.1. The van der Waals surface area contributed by atoms with Gasteiger partial charge >= 0.3 is 0 Å². The third-order valence-electron chi connectivity index (χ3n) is 4.32. The summed E-state index contributed by atoms with van der Waals surface area (Å²) in [5.41, 5.74) is 2.30. The standard InChI is InChI=1S/C21H19N3O3/c25-21(16-5-6-18(24-13-16)15-7-10-22-11-8-15)23-12-9-17-14-26-19-3-1-2-4-20(19)27-17/h1-8,10-11,13,17H,9,12,14H2,(H,23,25). The third-order valence-corrected chi connectivity index (χ3v) is 4.32. The van der Waals surface area contributed by atoms with Crippen molar-refractivity contribution < 1.29 is 14.3 Å². The van der Waals surface area contributed by atoms with Crippen LogP contribution in [0.1, 0.15) is 16.8 Å². The van der Waals surface area contributed by atoms with Crippen LogP contribution in [0.5, 0.6) is 11.5 Å². The first-order valence-electron chi connectivity index (χ1n) is 8.83. The zero-order chi connectivity index (χ0) is 18.5. The van der Waals surface area contributed by atoms with Crippen molar-refractivity contribution in [3.8, 4) is 22.8 Å². The van der Waals surface area contributed by atoms with Crippen LogP contribution in [0, 0.1) is 0 Å². The van der Waals surface area contributed by atoms with Crippen LogP contribution in [0.2, 0.25) is 0 Å². The van der Waals surface area contributed by atoms with E-state index in [1.165, 1.54) is 0 Å². The summed E-state index contributed by atoms with van der Waals surface area (Å²) in [6, 6.07) is 15.0. The van der Waals surface area contributed by atoms with Crippen LogP contribution in [0.25, 0.3) is 11.3 Å². The fourth-order valence-corrected chi connectivity index (χ4v) is 2.88. The molecule has 0 bridgehead atoms. The summed E-state index contributed by atoms with van der Waals surface area (Å²) in [5.74, 6) is 1.36. The summed E-state index contributed by atoms with van der Waals surface area (Å²) in [5, 5.41) is 2.90. The van der Waals surface area contributed by atoms with Gasteiger partial charge in [-0.05, 0) is 36.4 Å². The number of pyridine rings is 2. The molecule has 1 aliphatic heterocycles. The first kappa shape index (κ1) is 17.0. The molecule has 0 saturated heterocycles. The van der Waals surface area contributed by atoms with Crippen molar-refractivity contribution in [3.05, 3.63) is 72.7 Å². The molecule has 1 N–H and O–H groups in total. The molecule has 0 radical (unpaired) electrons. The Morgan fingerprint density at radius 3 is 2.67 bits per heavy atom. The fraction of sp³-hybridized carbons (Fsp3) is 0.190. The number of rotatable bonds is 5. The van der Waals surface area contributed by atoms with Crippen molar-refractivity contribution in [2.45, 2.75) is 12.5 Å². The number of ether oxygens (including phenoxy) is 2. The van der Waals surface area contributed by atoms with Crippen LogP contribution in [0.3, 0.4) is 0 Å². The van der Waals surface area contributed by atoms with E-state index in [-0.39, 0.29) is 12.0 Å². The summed E-state index contributed by atoms with van der Waals surface area (Å²) >= 11 is 0. The molecule has 2 aromatic heterocycles. The van der Waals surface area contributed by atoms with Crippen LogP contribution < -0.4 is 14.8 Å². The average Bonchev–Trinajstić information content (AvgIpc) is 2.74. The van der Waals surface area contributed by atoms with Crippen LogP contribution in [-0.2, 0) is 0 Å². The largest absolute Gasteiger partial charge is 0.486 e. The number of fused-ring (bicyclic) bond motifs is 1. The Balaban J connectivity index is 1.29. The summed E-state index contributed by atoms with van der Waals surface area (Å²) < 4.78 is 11.6. The van der Waals surface area contributed by atoms with Gasteiger partial charge in [0.05, 0.1) is 11.3 Å². The number of hydrogen-bond donors (Lipinski definition) is 1. The molecule has 6 nitrogen and oxygen atoms in total. The fourth-order valence-electron chi connectivity index (χ4n) is 2.88. The van der Waals surface area contributed by atoms with E-state index in [0.29, 0.717) is 25.1 Å². The Kier molecular flexibility index (Phi) is 4.96. The van der Waals surface area contributed by atoms with Crippen LogP contribution in [0.4, 0.5) is 0 Å². The number of nitrogens with one attached hydrogen (secondary N) is 1. The van der Waals surface area contributed by atoms with Gasteiger partial charge in [-0.15, -0.1) is 0 Å². The predicted octanol–water partition coefficient (Wildman–Crippen LogP) is 3.10. The smallest absolute Gasteiger partial charge is 0.252 e. The highest BCUT2D eigenvalue weighted by Crippen LogP contribution is 2.31. The number of hydrogen-bond acceptors (Lipinski definition) is 5. The van der Waals surface area contributed by atoms with Crippen LogP contribution in [-0.4, -0.2) is 35.1 Å². The van der Waals surface area contributed by atoms with E-state index in [2.05, 4.69) is 15.3 Å². The predicted molar refractivity (Wildman–Crippen MR) is 101 cm³/mol. The molecule has 1 amide bonds. The Hall–Kier alpha value is -3.41. The number of para-hydroxylation sites is 2. The molecule has 136 valence electrons. The van der Waals surface area contributed by atoms with Gasteiger partial charge in [-0.1, -0.05) is 12.1 Å². The summed E-state index contributed by atoms with van der Waals surface area (Å²) in [6.07, 6.45) is 5.61. The van der Waals surface area contributed by atoms with Gasteiger partial charge < -0.3 is 14.8 Å². The van der Waals surface area contributed by atoms with Crippen molar-refractivity contribution in [1.29, 1.82) is 0 Å². The minimum absolute atomic E-state index is 0.0765. The van der Waals surface area contributed by atoms with Crippen molar-refractivity contribution >= 4 is 5.91 Å². The summed E-state index contributed by atoms with van der Waals surface area (Å²) in [7, 11) is 0. The normalized spacial score (nSPS) is 15.2. The zero-order valence-corrected chi connectivity index (χ0v) is 14.7. The van der Waals surface area contributed by atoms with Crippen molar-refractivity contribution in [1.82, 2.24) is 15.3 Å². The SMILES string of the molecule is O=C(NCCC1COc2ccccc2O1)c1ccc(-c2ccncc2)nc1. The van der Waals surface area contributed by atoms with Gasteiger partial charge in [-0.25, -0.2) is 0 Å². The second-order valence-corrected chi connectivity index (χ2v) is 6.21. The van der Waals surface area contributed by atoms with E-state index in [1.54, 1.807) is 24.7 Å². The molecule has 0 saturated carbocycles. The minimum Gasteiger partial charge on any atom is -0.486 e. The molecule has 3 aromatic rings. The monoisotopic (exact) mass is 361 g/mol. The van der Waals surface area contributed by atoms with E-state index in [9.17, 15) is 4.79 Å². The maximum absolute atomic E-state index is 12.3. The van der Waals surface area contributed by atoms with Crippen molar-refractivity contribution in [2.24, 2.45) is 0 Å². The molecule has 0 spiro atoms. The van der Waals surface area contributed by atoms with Crippen molar-refractivity contribution in [2.75, 3.05) is 13.2 Å². The van der Waals surface area contributed by atoms with Gasteiger partial charge in [0.15, 0.2) is 11.5 Å². The van der Waals surface area contributed by atoms with Gasteiger partial charge in [0.2, 0.25) is 0 Å². The molecule has 1 atom stereocenters. The molecule has 27 heavy (non-hydrogen) atoms. The van der Waals surface area contributed by atoms with E-state index in [4.69, 9.17) is 9.47 Å². The maximum Gasteiger partial charge on any atom is 0.252 e. The van der Waals surface area contributed by atoms with E-state index < -0.39 is 0 Å². The Labute approximate surface area is 157 Å². The van der Waals surface area contributed by atoms with Crippen molar-refractivity contribution in [3.63, 3.8) is 0 Å². The van der Waals surface area contributed by atoms with Gasteiger partial charge in [-0.3, -0.25) is 14.8 Å². The maximum atomic E-state index is 12.3. The first-order valence-corrected chi connectivity index (χ1v) is 8.83. The highest BCUT2D eigenvalue weighted by Gasteiger charge is 2.20. The Bertz CT molecular complexity index is 913. The molecule has 0 fully saturated rings. The molecule has 3 heterocycles. The van der Waals surface area contributed by atoms with Crippen LogP contribution in [0.15, 0.2) is 67.1 Å². The van der Waals surface area contributed by atoms with E-state index >= 15 is 0 Å². The molecule has 4 rings (SSSR count). The zero-order valence-electron chi connectivity index (χ0n) is 14.7. The van der Waals surface area contributed by atoms with Crippen LogP contribution >= 0.6 is 0 Å². The molecule has 0 aliphatic carbocycles. The van der Waals surface area contributed by atoms with E-state index in [1.807, 2.05) is 42.5 Å². The average molecular weight is 361 g/mol. The Morgan fingerprint density at radius 1 is 1.07 bits per heavy atom. The number of nitrogens with zero attached hydrogens (tertiary/aromatic N) is 2. The second-order valence-electron chi connectivity index (χ2n) is 6.21. The number of carbonyl (C=O) groups excluding carboxylic acids is 1. The third kappa shape index (κ3) is 4.06. The molecule has 6 heteroatoms. The lowest BCUT2D eigenvalue weighted by Crippen LogP contribution is -2.34. The highest BCUT2D eigenvalue weighted by atomic mass is 16.6. The van der Waals surface area contributed by atoms with Gasteiger partial charge in [0, 0.05) is 37.1 Å².